The van der Waals surface area contributed by atoms with E-state index in [1.807, 2.05) is 0 Å². The largest absolute Gasteiger partial charge is 0.472 e. The number of nitrogens with zero attached hydrogens (tertiary/aromatic N) is 2. The normalized spacial score (nSPS) is 21.8. The molecule has 2 atom stereocenters. The summed E-state index contributed by atoms with van der Waals surface area (Å²) in [6, 6.07) is 1.64. The summed E-state index contributed by atoms with van der Waals surface area (Å²) >= 11 is 0. The summed E-state index contributed by atoms with van der Waals surface area (Å²) in [5.41, 5.74) is 14.3. The zero-order chi connectivity index (χ0) is 22.7. The molecule has 3 aliphatic rings. The van der Waals surface area contributed by atoms with Crippen LogP contribution in [0.1, 0.15) is 35.1 Å². The van der Waals surface area contributed by atoms with E-state index in [0.29, 0.717) is 6.54 Å². The number of halogens is 1. The maximum absolute atomic E-state index is 12.9. The van der Waals surface area contributed by atoms with Gasteiger partial charge >= 0.3 is 6.03 Å². The Hall–Kier alpha value is -2.69. The van der Waals surface area contributed by atoms with Crippen LogP contribution in [0.2, 0.25) is 0 Å². The second kappa shape index (κ2) is 9.43. The molecule has 2 amide bonds. The Kier molecular flexibility index (Phi) is 6.63. The SMILES string of the molecule is C[N+](O)(NC(=O)Nc1c2c(cc3c1CCC3)CCC2)/C(=C/N)C1=NCC(NCCF)CO1. The number of likely N-dealkylation sites (N-methyl/N-ethyl adjacent to an activating group) is 1. The van der Waals surface area contributed by atoms with Crippen molar-refractivity contribution in [3.63, 3.8) is 0 Å². The van der Waals surface area contributed by atoms with E-state index >= 15 is 0 Å². The van der Waals surface area contributed by atoms with Crippen LogP contribution in [0.4, 0.5) is 14.9 Å². The van der Waals surface area contributed by atoms with Gasteiger partial charge in [-0.05, 0) is 65.5 Å². The van der Waals surface area contributed by atoms with Gasteiger partial charge in [-0.3, -0.25) is 0 Å². The Labute approximate surface area is 187 Å². The quantitative estimate of drug-likeness (QED) is 0.322. The maximum Gasteiger partial charge on any atom is 0.366 e. The van der Waals surface area contributed by atoms with Crippen LogP contribution in [-0.2, 0) is 30.4 Å². The number of ether oxygens (including phenoxy) is 1. The van der Waals surface area contributed by atoms with E-state index in [4.69, 9.17) is 10.5 Å². The molecule has 0 fully saturated rings. The lowest BCUT2D eigenvalue weighted by atomic mass is 9.99. The highest BCUT2D eigenvalue weighted by atomic mass is 19.1. The number of alkyl halides is 1. The van der Waals surface area contributed by atoms with Gasteiger partial charge in [0, 0.05) is 12.2 Å². The third-order valence-electron chi connectivity index (χ3n) is 6.28. The van der Waals surface area contributed by atoms with Gasteiger partial charge in [-0.25, -0.2) is 14.2 Å². The lowest BCUT2D eigenvalue weighted by Gasteiger charge is -2.29. The van der Waals surface area contributed by atoms with Crippen molar-refractivity contribution in [3.8, 4) is 0 Å². The Morgan fingerprint density at radius 1 is 1.31 bits per heavy atom. The fourth-order valence-electron chi connectivity index (χ4n) is 4.78. The number of anilines is 1. The number of nitrogens with two attached hydrogens (primary N) is 1. The van der Waals surface area contributed by atoms with Gasteiger partial charge in [0.2, 0.25) is 0 Å². The van der Waals surface area contributed by atoms with Gasteiger partial charge in [0.25, 0.3) is 11.6 Å². The molecule has 174 valence electrons. The van der Waals surface area contributed by atoms with Crippen molar-refractivity contribution in [1.29, 1.82) is 0 Å². The highest BCUT2D eigenvalue weighted by molar-refractivity contribution is 5.93. The minimum Gasteiger partial charge on any atom is -0.472 e. The van der Waals surface area contributed by atoms with Crippen LogP contribution in [0.25, 0.3) is 0 Å². The number of aryl methyl sites for hydroxylation is 2. The second-order valence-electron chi connectivity index (χ2n) is 8.61. The predicted molar refractivity (Wildman–Crippen MR) is 119 cm³/mol. The number of urea groups is 1. The van der Waals surface area contributed by atoms with Gasteiger partial charge in [-0.2, -0.15) is 5.21 Å². The topological polar surface area (TPSA) is 121 Å². The van der Waals surface area contributed by atoms with Crippen molar-refractivity contribution in [2.45, 2.75) is 44.6 Å². The first-order valence-corrected chi connectivity index (χ1v) is 11.2. The first kappa shape index (κ1) is 22.5. The molecule has 4 rings (SSSR count). The number of carbonyl (C=O) groups excluding carboxylic acids is 1. The number of rotatable bonds is 7. The van der Waals surface area contributed by atoms with Gasteiger partial charge in [-0.15, -0.1) is 5.43 Å². The minimum absolute atomic E-state index is 0.104. The summed E-state index contributed by atoms with van der Waals surface area (Å²) in [6.07, 6.45) is 7.28. The molecule has 32 heavy (non-hydrogen) atoms. The lowest BCUT2D eigenvalue weighted by molar-refractivity contribution is -1.08. The second-order valence-corrected chi connectivity index (χ2v) is 8.61. The Morgan fingerprint density at radius 3 is 2.56 bits per heavy atom. The van der Waals surface area contributed by atoms with Crippen molar-refractivity contribution >= 4 is 17.6 Å². The molecule has 0 spiro atoms. The molecule has 9 nitrogen and oxygen atoms in total. The van der Waals surface area contributed by atoms with E-state index in [-0.39, 0.29) is 30.8 Å². The zero-order valence-corrected chi connectivity index (χ0v) is 18.4. The van der Waals surface area contributed by atoms with Gasteiger partial charge in [0.15, 0.2) is 0 Å². The van der Waals surface area contributed by atoms with Crippen LogP contribution in [0, 0.1) is 0 Å². The summed E-state index contributed by atoms with van der Waals surface area (Å²) in [6.45, 7) is 0.353. The number of fused-ring (bicyclic) bond motifs is 2. The van der Waals surface area contributed by atoms with Crippen molar-refractivity contribution in [1.82, 2.24) is 10.7 Å². The molecule has 2 unspecified atom stereocenters. The van der Waals surface area contributed by atoms with E-state index in [1.54, 1.807) is 0 Å². The van der Waals surface area contributed by atoms with Crippen LogP contribution in [0.3, 0.4) is 0 Å². The van der Waals surface area contributed by atoms with Crippen LogP contribution >= 0.6 is 0 Å². The molecular formula is C22H32FN6O3+. The molecule has 1 aromatic rings. The van der Waals surface area contributed by atoms with E-state index in [2.05, 4.69) is 27.1 Å². The Morgan fingerprint density at radius 2 is 2.00 bits per heavy atom. The summed E-state index contributed by atoms with van der Waals surface area (Å²) < 4.78 is 16.9. The summed E-state index contributed by atoms with van der Waals surface area (Å²) in [4.78, 5) is 17.2. The summed E-state index contributed by atoms with van der Waals surface area (Å²) in [7, 11) is 1.37. The number of hydrogen-bond donors (Lipinski definition) is 5. The van der Waals surface area contributed by atoms with Gasteiger partial charge < -0.3 is 21.1 Å². The van der Waals surface area contributed by atoms with Crippen molar-refractivity contribution in [3.05, 3.63) is 40.2 Å². The smallest absolute Gasteiger partial charge is 0.366 e. The number of quaternary nitrogens is 1. The van der Waals surface area contributed by atoms with Gasteiger partial charge in [0.05, 0.1) is 18.8 Å². The minimum atomic E-state index is -1.03. The zero-order valence-electron chi connectivity index (χ0n) is 18.4. The highest BCUT2D eigenvalue weighted by Gasteiger charge is 2.37. The molecule has 0 saturated carbocycles. The number of carbonyl (C=O) groups is 1. The van der Waals surface area contributed by atoms with Crippen LogP contribution in [0.15, 0.2) is 23.0 Å². The molecular weight excluding hydrogens is 415 g/mol. The van der Waals surface area contributed by atoms with Crippen molar-refractivity contribution < 1.29 is 23.9 Å². The number of benzene rings is 1. The molecule has 1 aliphatic heterocycles. The standard InChI is InChI=1S/C22H31FN6O3/c1-29(31,19(11-24)21-26-12-16(13-32-21)25-9-8-23)28-22(30)27-20-17-6-2-4-14(17)10-15-5-3-7-18(15)20/h10-11,16,25,31H,2-9,12-13H2,1H3,(H3-,24,26,27,28,30)/p+1. The number of hydroxylamine groups is 2. The van der Waals surface area contributed by atoms with Gasteiger partial charge in [0.1, 0.15) is 20.3 Å². The number of aliphatic imine (C=N–C) groups is 1. The molecule has 0 aromatic heterocycles. The van der Waals surface area contributed by atoms with E-state index in [0.717, 1.165) is 50.4 Å². The first-order chi connectivity index (χ1) is 15.4. The average Bonchev–Trinajstić information content (AvgIpc) is 3.42. The maximum atomic E-state index is 12.9. The molecule has 0 radical (unpaired) electrons. The first-order valence-electron chi connectivity index (χ1n) is 11.2. The molecule has 1 aromatic carbocycles. The molecule has 6 N–H and O–H groups in total. The van der Waals surface area contributed by atoms with Crippen LogP contribution in [-0.4, -0.2) is 61.4 Å². The number of nitrogens with one attached hydrogen (secondary N) is 3. The fourth-order valence-corrected chi connectivity index (χ4v) is 4.78. The Bertz CT molecular complexity index is 914. The van der Waals surface area contributed by atoms with E-state index < -0.39 is 17.5 Å². The summed E-state index contributed by atoms with van der Waals surface area (Å²) in [5.74, 6) is 0.137. The van der Waals surface area contributed by atoms with Crippen molar-refractivity contribution in [2.75, 3.05) is 38.7 Å². The number of amides is 2. The molecule has 0 saturated heterocycles. The van der Waals surface area contributed by atoms with Crippen LogP contribution < -0.4 is 21.8 Å². The summed E-state index contributed by atoms with van der Waals surface area (Å²) in [5, 5.41) is 16.9. The lowest BCUT2D eigenvalue weighted by Crippen LogP contribution is -2.58. The third-order valence-corrected chi connectivity index (χ3v) is 6.28. The monoisotopic (exact) mass is 447 g/mol. The molecule has 1 heterocycles. The third kappa shape index (κ3) is 4.57. The van der Waals surface area contributed by atoms with Gasteiger partial charge in [-0.1, -0.05) is 6.07 Å². The molecule has 10 heteroatoms. The predicted octanol–water partition coefficient (Wildman–Crippen LogP) is 1.69. The van der Waals surface area contributed by atoms with Crippen LogP contribution in [0.5, 0.6) is 0 Å². The highest BCUT2D eigenvalue weighted by Crippen LogP contribution is 2.38. The van der Waals surface area contributed by atoms with E-state index in [1.165, 1.54) is 29.3 Å². The average molecular weight is 448 g/mol. The van der Waals surface area contributed by atoms with Crippen molar-refractivity contribution in [2.24, 2.45) is 10.7 Å². The number of hydrogen-bond acceptors (Lipinski definition) is 6. The molecule has 2 aliphatic carbocycles. The fraction of sp³-hybridized carbons (Fsp3) is 0.545. The van der Waals surface area contributed by atoms with E-state index in [9.17, 15) is 14.4 Å². The Balaban J connectivity index is 1.46. The molecule has 0 bridgehead atoms.